The van der Waals surface area contributed by atoms with Crippen molar-refractivity contribution >= 4 is 27.3 Å². The number of rotatable bonds is 3. The number of halogens is 1. The van der Waals surface area contributed by atoms with E-state index in [-0.39, 0.29) is 17.5 Å². The van der Waals surface area contributed by atoms with Crippen LogP contribution in [0, 0.1) is 0 Å². The highest BCUT2D eigenvalue weighted by molar-refractivity contribution is 7.91. The van der Waals surface area contributed by atoms with Gasteiger partial charge in [-0.1, -0.05) is 6.07 Å². The predicted molar refractivity (Wildman–Crippen MR) is 69.3 cm³/mol. The third-order valence-electron chi connectivity index (χ3n) is 3.05. The third-order valence-corrected chi connectivity index (χ3v) is 5.07. The Labute approximate surface area is 107 Å². The average molecular weight is 275 g/mol. The van der Waals surface area contributed by atoms with Gasteiger partial charge in [0.2, 0.25) is 0 Å². The lowest BCUT2D eigenvalue weighted by Gasteiger charge is -2.24. The molecule has 17 heavy (non-hydrogen) atoms. The number of hydrogen-bond donors (Lipinski definition) is 0. The Morgan fingerprint density at radius 3 is 2.88 bits per heavy atom. The zero-order valence-electron chi connectivity index (χ0n) is 9.63. The van der Waals surface area contributed by atoms with Gasteiger partial charge in [-0.05, 0) is 18.6 Å². The van der Waals surface area contributed by atoms with E-state index in [0.29, 0.717) is 12.3 Å². The van der Waals surface area contributed by atoms with E-state index in [2.05, 4.69) is 4.98 Å². The summed E-state index contributed by atoms with van der Waals surface area (Å²) in [4.78, 5) is 6.31. The van der Waals surface area contributed by atoms with Crippen molar-refractivity contribution in [3.8, 4) is 0 Å². The maximum atomic E-state index is 11.4. The monoisotopic (exact) mass is 274 g/mol. The van der Waals surface area contributed by atoms with Crippen LogP contribution in [0.2, 0.25) is 0 Å². The SMILES string of the molecule is CN(c1cccc(CCl)n1)C1CCS(=O)(=O)C1. The van der Waals surface area contributed by atoms with E-state index in [0.717, 1.165) is 11.5 Å². The summed E-state index contributed by atoms with van der Waals surface area (Å²) in [7, 11) is -0.979. The lowest BCUT2D eigenvalue weighted by Crippen LogP contribution is -2.33. The molecule has 2 heterocycles. The van der Waals surface area contributed by atoms with Crippen molar-refractivity contribution in [3.05, 3.63) is 23.9 Å². The second-order valence-corrected chi connectivity index (χ2v) is 6.78. The van der Waals surface area contributed by atoms with Crippen molar-refractivity contribution in [2.24, 2.45) is 0 Å². The molecule has 0 aromatic carbocycles. The molecule has 1 atom stereocenters. The molecule has 1 saturated heterocycles. The van der Waals surface area contributed by atoms with Crippen molar-refractivity contribution in [3.63, 3.8) is 0 Å². The van der Waals surface area contributed by atoms with Gasteiger partial charge >= 0.3 is 0 Å². The fourth-order valence-corrected chi connectivity index (χ4v) is 3.93. The zero-order valence-corrected chi connectivity index (χ0v) is 11.2. The van der Waals surface area contributed by atoms with Crippen molar-refractivity contribution in [1.29, 1.82) is 0 Å². The van der Waals surface area contributed by atoms with E-state index in [1.54, 1.807) is 0 Å². The summed E-state index contributed by atoms with van der Waals surface area (Å²) in [6, 6.07) is 5.65. The zero-order chi connectivity index (χ0) is 12.5. The molecule has 4 nitrogen and oxygen atoms in total. The standard InChI is InChI=1S/C11H15ClN2O2S/c1-14(10-5-6-17(15,16)8-10)11-4-2-3-9(7-12)13-11/h2-4,10H,5-8H2,1H3. The van der Waals surface area contributed by atoms with E-state index >= 15 is 0 Å². The van der Waals surface area contributed by atoms with Crippen LogP contribution in [0.15, 0.2) is 18.2 Å². The van der Waals surface area contributed by atoms with Crippen LogP contribution in [0.4, 0.5) is 5.82 Å². The number of sulfone groups is 1. The highest BCUT2D eigenvalue weighted by Crippen LogP contribution is 2.21. The molecule has 1 aliphatic rings. The van der Waals surface area contributed by atoms with Gasteiger partial charge in [-0.3, -0.25) is 0 Å². The number of pyridine rings is 1. The second-order valence-electron chi connectivity index (χ2n) is 4.29. The second kappa shape index (κ2) is 4.82. The summed E-state index contributed by atoms with van der Waals surface area (Å²) >= 11 is 5.73. The highest BCUT2D eigenvalue weighted by Gasteiger charge is 2.31. The topological polar surface area (TPSA) is 50.3 Å². The molecule has 1 unspecified atom stereocenters. The van der Waals surface area contributed by atoms with Crippen LogP contribution in [-0.4, -0.2) is 38.0 Å². The molecule has 94 valence electrons. The molecule has 1 aliphatic heterocycles. The summed E-state index contributed by atoms with van der Waals surface area (Å²) in [6.45, 7) is 0. The van der Waals surface area contributed by atoms with E-state index in [9.17, 15) is 8.42 Å². The smallest absolute Gasteiger partial charge is 0.152 e. The van der Waals surface area contributed by atoms with Gasteiger partial charge in [0, 0.05) is 13.1 Å². The van der Waals surface area contributed by atoms with E-state index < -0.39 is 9.84 Å². The molecular formula is C11H15ClN2O2S. The minimum Gasteiger partial charge on any atom is -0.356 e. The Kier molecular flexibility index (Phi) is 3.58. The minimum atomic E-state index is -2.86. The number of anilines is 1. The molecule has 1 fully saturated rings. The Bertz CT molecular complexity index is 504. The quantitative estimate of drug-likeness (QED) is 0.783. The summed E-state index contributed by atoms with van der Waals surface area (Å²) in [6.07, 6.45) is 0.672. The predicted octanol–water partition coefficient (Wildman–Crippen LogP) is 1.44. The number of nitrogens with zero attached hydrogens (tertiary/aromatic N) is 2. The lowest BCUT2D eigenvalue weighted by atomic mass is 10.2. The Hall–Kier alpha value is -0.810. The third kappa shape index (κ3) is 2.90. The van der Waals surface area contributed by atoms with Crippen molar-refractivity contribution in [1.82, 2.24) is 4.98 Å². The molecule has 0 aliphatic carbocycles. The number of aromatic nitrogens is 1. The van der Waals surface area contributed by atoms with Gasteiger partial charge in [-0.25, -0.2) is 13.4 Å². The first-order valence-electron chi connectivity index (χ1n) is 5.47. The van der Waals surface area contributed by atoms with Gasteiger partial charge in [-0.2, -0.15) is 0 Å². The number of hydrogen-bond acceptors (Lipinski definition) is 4. The number of alkyl halides is 1. The maximum absolute atomic E-state index is 11.4. The van der Waals surface area contributed by atoms with Gasteiger partial charge < -0.3 is 4.90 Å². The van der Waals surface area contributed by atoms with Crippen LogP contribution in [0.25, 0.3) is 0 Å². The molecule has 0 N–H and O–H groups in total. The normalized spacial score (nSPS) is 22.6. The molecule has 0 radical (unpaired) electrons. The van der Waals surface area contributed by atoms with Crippen LogP contribution in [0.3, 0.4) is 0 Å². The molecular weight excluding hydrogens is 260 g/mol. The summed E-state index contributed by atoms with van der Waals surface area (Å²) < 4.78 is 22.9. The van der Waals surface area contributed by atoms with Gasteiger partial charge in [0.15, 0.2) is 9.84 Å². The van der Waals surface area contributed by atoms with Crippen molar-refractivity contribution in [2.75, 3.05) is 23.5 Å². The molecule has 0 bridgehead atoms. The van der Waals surface area contributed by atoms with E-state index in [4.69, 9.17) is 11.6 Å². The molecule has 6 heteroatoms. The van der Waals surface area contributed by atoms with Crippen molar-refractivity contribution in [2.45, 2.75) is 18.3 Å². The fourth-order valence-electron chi connectivity index (χ4n) is 2.01. The summed E-state index contributed by atoms with van der Waals surface area (Å²) in [5, 5.41) is 0. The van der Waals surface area contributed by atoms with Gasteiger partial charge in [0.05, 0.1) is 23.1 Å². The molecule has 0 spiro atoms. The van der Waals surface area contributed by atoms with E-state index in [1.807, 2.05) is 30.1 Å². The van der Waals surface area contributed by atoms with Gasteiger partial charge in [-0.15, -0.1) is 11.6 Å². The minimum absolute atomic E-state index is 0.0260. The first-order chi connectivity index (χ1) is 8.02. The molecule has 1 aromatic heterocycles. The lowest BCUT2D eigenvalue weighted by molar-refractivity contribution is 0.600. The Balaban J connectivity index is 2.17. The average Bonchev–Trinajstić information content (AvgIpc) is 2.69. The van der Waals surface area contributed by atoms with Crippen LogP contribution >= 0.6 is 11.6 Å². The first-order valence-corrected chi connectivity index (χ1v) is 7.82. The highest BCUT2D eigenvalue weighted by atomic mass is 35.5. The van der Waals surface area contributed by atoms with Crippen LogP contribution < -0.4 is 4.90 Å². The largest absolute Gasteiger partial charge is 0.356 e. The summed E-state index contributed by atoms with van der Waals surface area (Å²) in [5.74, 6) is 1.64. The van der Waals surface area contributed by atoms with Crippen LogP contribution in [0.1, 0.15) is 12.1 Å². The van der Waals surface area contributed by atoms with Gasteiger partial charge in [0.1, 0.15) is 5.82 Å². The van der Waals surface area contributed by atoms with E-state index in [1.165, 1.54) is 0 Å². The molecule has 1 aromatic rings. The van der Waals surface area contributed by atoms with Crippen LogP contribution in [0.5, 0.6) is 0 Å². The molecule has 0 saturated carbocycles. The van der Waals surface area contributed by atoms with Crippen LogP contribution in [-0.2, 0) is 15.7 Å². The molecule has 0 amide bonds. The summed E-state index contributed by atoms with van der Waals surface area (Å²) in [5.41, 5.74) is 0.803. The Morgan fingerprint density at radius 1 is 1.53 bits per heavy atom. The first kappa shape index (κ1) is 12.6. The fraction of sp³-hybridized carbons (Fsp3) is 0.545. The maximum Gasteiger partial charge on any atom is 0.152 e. The van der Waals surface area contributed by atoms with Crippen molar-refractivity contribution < 1.29 is 8.42 Å². The molecule has 2 rings (SSSR count). The Morgan fingerprint density at radius 2 is 2.29 bits per heavy atom. The van der Waals surface area contributed by atoms with Gasteiger partial charge in [0.25, 0.3) is 0 Å².